The summed E-state index contributed by atoms with van der Waals surface area (Å²) >= 11 is 0. The van der Waals surface area contributed by atoms with E-state index >= 15 is 0 Å². The number of nitrogens with one attached hydrogen (secondary N) is 1. The molecule has 2 aromatic carbocycles. The highest BCUT2D eigenvalue weighted by Gasteiger charge is 2.26. The van der Waals surface area contributed by atoms with E-state index < -0.39 is 6.04 Å². The first-order valence-corrected chi connectivity index (χ1v) is 10.4. The zero-order valence-corrected chi connectivity index (χ0v) is 18.6. The lowest BCUT2D eigenvalue weighted by Gasteiger charge is -2.29. The molecule has 0 unspecified atom stereocenters. The molecule has 0 aliphatic rings. The van der Waals surface area contributed by atoms with E-state index in [0.29, 0.717) is 25.4 Å². The molecule has 0 bridgehead atoms. The molecule has 156 valence electrons. The quantitative estimate of drug-likeness (QED) is 0.724. The first-order valence-electron chi connectivity index (χ1n) is 10.4. The molecule has 1 atom stereocenters. The van der Waals surface area contributed by atoms with E-state index in [2.05, 4.69) is 31.3 Å². The number of carbonyl (C=O) groups excluding carboxylic acids is 2. The summed E-state index contributed by atoms with van der Waals surface area (Å²) in [5.74, 6) is 0.217. The van der Waals surface area contributed by atoms with Crippen LogP contribution in [0.1, 0.15) is 48.6 Å². The molecule has 0 spiro atoms. The summed E-state index contributed by atoms with van der Waals surface area (Å²) in [6.07, 6.45) is 0.293. The Labute approximate surface area is 175 Å². The molecule has 2 amide bonds. The van der Waals surface area contributed by atoms with Crippen LogP contribution in [0.4, 0.5) is 0 Å². The second kappa shape index (κ2) is 10.2. The highest BCUT2D eigenvalue weighted by Crippen LogP contribution is 2.16. The largest absolute Gasteiger partial charge is 0.354 e. The van der Waals surface area contributed by atoms with Gasteiger partial charge in [-0.25, -0.2) is 0 Å². The lowest BCUT2D eigenvalue weighted by atomic mass is 10.0. The van der Waals surface area contributed by atoms with Crippen LogP contribution in [0.2, 0.25) is 0 Å². The Morgan fingerprint density at radius 3 is 2.17 bits per heavy atom. The third-order valence-corrected chi connectivity index (χ3v) is 5.17. The first-order chi connectivity index (χ1) is 13.7. The number of hydrogen-bond donors (Lipinski definition) is 1. The predicted octanol–water partition coefficient (Wildman–Crippen LogP) is 4.34. The van der Waals surface area contributed by atoms with Crippen molar-refractivity contribution >= 4 is 11.8 Å². The molecule has 0 fully saturated rings. The monoisotopic (exact) mass is 394 g/mol. The molecule has 29 heavy (non-hydrogen) atoms. The van der Waals surface area contributed by atoms with Crippen molar-refractivity contribution in [1.29, 1.82) is 0 Å². The van der Waals surface area contributed by atoms with Gasteiger partial charge < -0.3 is 10.2 Å². The van der Waals surface area contributed by atoms with Crippen LogP contribution >= 0.6 is 0 Å². The maximum atomic E-state index is 13.3. The minimum Gasteiger partial charge on any atom is -0.354 e. The maximum absolute atomic E-state index is 13.3. The summed E-state index contributed by atoms with van der Waals surface area (Å²) in [7, 11) is 0. The third kappa shape index (κ3) is 6.74. The molecule has 0 radical (unpaired) electrons. The van der Waals surface area contributed by atoms with Crippen LogP contribution in [-0.4, -0.2) is 29.3 Å². The van der Waals surface area contributed by atoms with Crippen molar-refractivity contribution in [1.82, 2.24) is 10.2 Å². The normalized spacial score (nSPS) is 12.0. The van der Waals surface area contributed by atoms with Crippen LogP contribution in [0.25, 0.3) is 0 Å². The van der Waals surface area contributed by atoms with E-state index in [9.17, 15) is 9.59 Å². The van der Waals surface area contributed by atoms with E-state index in [1.165, 1.54) is 5.56 Å². The Kier molecular flexibility index (Phi) is 8.00. The maximum Gasteiger partial charge on any atom is 0.242 e. The molecule has 0 saturated carbocycles. The molecular formula is C25H34N2O2. The van der Waals surface area contributed by atoms with Crippen LogP contribution in [0.15, 0.2) is 42.5 Å². The number of benzene rings is 2. The van der Waals surface area contributed by atoms with Gasteiger partial charge in [0, 0.05) is 13.1 Å². The van der Waals surface area contributed by atoms with Crippen LogP contribution in [0, 0.1) is 26.7 Å². The van der Waals surface area contributed by atoms with Crippen molar-refractivity contribution < 1.29 is 9.59 Å². The van der Waals surface area contributed by atoms with Gasteiger partial charge in [0.2, 0.25) is 11.8 Å². The number of nitrogens with zero attached hydrogens (tertiary/aromatic N) is 1. The summed E-state index contributed by atoms with van der Waals surface area (Å²) in [4.78, 5) is 27.7. The molecule has 0 aromatic heterocycles. The Bertz CT molecular complexity index is 840. The number of amides is 2. The van der Waals surface area contributed by atoms with Gasteiger partial charge in [-0.15, -0.1) is 0 Å². The van der Waals surface area contributed by atoms with Gasteiger partial charge in [-0.2, -0.15) is 0 Å². The van der Waals surface area contributed by atoms with Gasteiger partial charge in [0.05, 0.1) is 6.42 Å². The highest BCUT2D eigenvalue weighted by molar-refractivity contribution is 5.88. The Hall–Kier alpha value is -2.62. The fourth-order valence-corrected chi connectivity index (χ4v) is 3.18. The van der Waals surface area contributed by atoms with E-state index in [-0.39, 0.29) is 11.8 Å². The van der Waals surface area contributed by atoms with Gasteiger partial charge in [-0.05, 0) is 50.3 Å². The van der Waals surface area contributed by atoms with Crippen molar-refractivity contribution in [2.75, 3.05) is 6.54 Å². The standard InChI is InChI=1S/C25H34N2O2/c1-17(2)15-26-25(29)21(6)27(16-22-11-8-18(3)9-12-22)24(28)14-23-13-19(4)7-10-20(23)5/h7-13,17,21H,14-16H2,1-6H3,(H,26,29)/t21-/m0/s1. The number of hydrogen-bond acceptors (Lipinski definition) is 2. The van der Waals surface area contributed by atoms with Crippen LogP contribution < -0.4 is 5.32 Å². The molecule has 2 aromatic rings. The number of carbonyl (C=O) groups is 2. The Balaban J connectivity index is 2.24. The van der Waals surface area contributed by atoms with Gasteiger partial charge in [-0.3, -0.25) is 9.59 Å². The number of rotatable bonds is 8. The molecule has 4 heteroatoms. The van der Waals surface area contributed by atoms with Crippen molar-refractivity contribution in [3.8, 4) is 0 Å². The van der Waals surface area contributed by atoms with E-state index in [4.69, 9.17) is 0 Å². The molecule has 0 aliphatic carbocycles. The number of aryl methyl sites for hydroxylation is 3. The Morgan fingerprint density at radius 1 is 0.931 bits per heavy atom. The molecular weight excluding hydrogens is 360 g/mol. The summed E-state index contributed by atoms with van der Waals surface area (Å²) in [5, 5.41) is 2.96. The van der Waals surface area contributed by atoms with Crippen molar-refractivity contribution in [2.24, 2.45) is 5.92 Å². The second-order valence-corrected chi connectivity index (χ2v) is 8.43. The molecule has 0 aliphatic heterocycles. The topological polar surface area (TPSA) is 49.4 Å². The van der Waals surface area contributed by atoms with Gasteiger partial charge in [0.1, 0.15) is 6.04 Å². The van der Waals surface area contributed by atoms with Crippen LogP contribution in [0.5, 0.6) is 0 Å². The smallest absolute Gasteiger partial charge is 0.242 e. The zero-order valence-electron chi connectivity index (χ0n) is 18.6. The third-order valence-electron chi connectivity index (χ3n) is 5.17. The average molecular weight is 395 g/mol. The summed E-state index contributed by atoms with van der Waals surface area (Å²) in [5.41, 5.74) is 5.43. The van der Waals surface area contributed by atoms with Gasteiger partial charge in [0.15, 0.2) is 0 Å². The van der Waals surface area contributed by atoms with E-state index in [1.807, 2.05) is 58.0 Å². The highest BCUT2D eigenvalue weighted by atomic mass is 16.2. The lowest BCUT2D eigenvalue weighted by Crippen LogP contribution is -2.48. The predicted molar refractivity (Wildman–Crippen MR) is 119 cm³/mol. The SMILES string of the molecule is Cc1ccc(CN(C(=O)Cc2cc(C)ccc2C)[C@@H](C)C(=O)NCC(C)C)cc1. The van der Waals surface area contributed by atoms with Gasteiger partial charge in [0.25, 0.3) is 0 Å². The van der Waals surface area contributed by atoms with Crippen LogP contribution in [-0.2, 0) is 22.6 Å². The van der Waals surface area contributed by atoms with Crippen molar-refractivity contribution in [3.05, 3.63) is 70.3 Å². The van der Waals surface area contributed by atoms with E-state index in [1.54, 1.807) is 4.90 Å². The fourth-order valence-electron chi connectivity index (χ4n) is 3.18. The molecule has 2 rings (SSSR count). The van der Waals surface area contributed by atoms with Gasteiger partial charge >= 0.3 is 0 Å². The van der Waals surface area contributed by atoms with Gasteiger partial charge in [-0.1, -0.05) is 67.4 Å². The lowest BCUT2D eigenvalue weighted by molar-refractivity contribution is -0.140. The zero-order chi connectivity index (χ0) is 21.6. The minimum atomic E-state index is -0.535. The molecule has 4 nitrogen and oxygen atoms in total. The minimum absolute atomic E-state index is 0.0357. The summed E-state index contributed by atoms with van der Waals surface area (Å²) in [6, 6.07) is 13.7. The average Bonchev–Trinajstić information content (AvgIpc) is 2.67. The Morgan fingerprint density at radius 2 is 1.55 bits per heavy atom. The fraction of sp³-hybridized carbons (Fsp3) is 0.440. The van der Waals surface area contributed by atoms with E-state index in [0.717, 1.165) is 22.3 Å². The second-order valence-electron chi connectivity index (χ2n) is 8.43. The van der Waals surface area contributed by atoms with Crippen LogP contribution in [0.3, 0.4) is 0 Å². The summed E-state index contributed by atoms with van der Waals surface area (Å²) in [6.45, 7) is 13.0. The van der Waals surface area contributed by atoms with Crippen molar-refractivity contribution in [2.45, 2.75) is 60.5 Å². The first kappa shape index (κ1) is 22.7. The molecule has 0 saturated heterocycles. The molecule has 0 heterocycles. The van der Waals surface area contributed by atoms with Crippen molar-refractivity contribution in [3.63, 3.8) is 0 Å². The molecule has 1 N–H and O–H groups in total. The summed E-state index contributed by atoms with van der Waals surface area (Å²) < 4.78 is 0.